The van der Waals surface area contributed by atoms with Gasteiger partial charge in [-0.1, -0.05) is 18.2 Å². The van der Waals surface area contributed by atoms with Crippen molar-refractivity contribution in [3.8, 4) is 17.1 Å². The van der Waals surface area contributed by atoms with Gasteiger partial charge in [0, 0.05) is 5.39 Å². The average molecular weight is 468 g/mol. The summed E-state index contributed by atoms with van der Waals surface area (Å²) in [7, 11) is 0. The number of carbonyl (C=O) groups excluding carboxylic acids is 1. The summed E-state index contributed by atoms with van der Waals surface area (Å²) >= 11 is 0. The number of aromatic nitrogens is 2. The molecule has 0 saturated carbocycles. The Morgan fingerprint density at radius 3 is 2.21 bits per heavy atom. The molecule has 0 aliphatic carbocycles. The van der Waals surface area contributed by atoms with Gasteiger partial charge in [-0.05, 0) is 43.3 Å². The van der Waals surface area contributed by atoms with Crippen LogP contribution >= 0.6 is 0 Å². The topological polar surface area (TPSA) is 57.3 Å². The number of ether oxygens (including phenoxy) is 1. The van der Waals surface area contributed by atoms with E-state index in [1.165, 1.54) is 18.2 Å². The van der Waals surface area contributed by atoms with Crippen molar-refractivity contribution in [2.45, 2.75) is 19.3 Å². The Morgan fingerprint density at radius 1 is 0.970 bits per heavy atom. The van der Waals surface area contributed by atoms with Crippen molar-refractivity contribution in [3.63, 3.8) is 0 Å². The summed E-state index contributed by atoms with van der Waals surface area (Å²) in [5.74, 6) is -0.750. The largest absolute Gasteiger partial charge is 0.460 e. The Kier molecular flexibility index (Phi) is 5.43. The minimum absolute atomic E-state index is 0.0499. The highest BCUT2D eigenvalue weighted by atomic mass is 19.4. The first-order valence-corrected chi connectivity index (χ1v) is 9.54. The molecule has 5 nitrogen and oxygen atoms in total. The number of benzene rings is 2. The second-order valence-corrected chi connectivity index (χ2v) is 6.93. The zero-order chi connectivity index (χ0) is 24.0. The molecule has 11 heteroatoms. The molecular formula is C22H14F6N2O3. The first-order chi connectivity index (χ1) is 15.5. The molecule has 2 heterocycles. The second kappa shape index (κ2) is 7.98. The van der Waals surface area contributed by atoms with Gasteiger partial charge in [0.2, 0.25) is 5.76 Å². The molecule has 0 spiro atoms. The third kappa shape index (κ3) is 4.30. The summed E-state index contributed by atoms with van der Waals surface area (Å²) in [5, 5.41) is 4.63. The van der Waals surface area contributed by atoms with E-state index in [9.17, 15) is 31.1 Å². The molecule has 0 N–H and O–H groups in total. The molecule has 0 saturated heterocycles. The van der Waals surface area contributed by atoms with Gasteiger partial charge in [0.1, 0.15) is 5.69 Å². The normalized spacial score (nSPS) is 12.3. The fourth-order valence-corrected chi connectivity index (χ4v) is 3.28. The Hall–Kier alpha value is -3.76. The van der Waals surface area contributed by atoms with Crippen molar-refractivity contribution in [2.24, 2.45) is 0 Å². The van der Waals surface area contributed by atoms with E-state index in [0.29, 0.717) is 17.5 Å². The van der Waals surface area contributed by atoms with Gasteiger partial charge in [-0.3, -0.25) is 0 Å². The zero-order valence-electron chi connectivity index (χ0n) is 16.8. The lowest BCUT2D eigenvalue weighted by Crippen LogP contribution is -2.12. The maximum atomic E-state index is 13.3. The van der Waals surface area contributed by atoms with Crippen molar-refractivity contribution in [1.82, 2.24) is 9.78 Å². The number of fused-ring (bicyclic) bond motifs is 1. The van der Waals surface area contributed by atoms with Crippen molar-refractivity contribution in [3.05, 3.63) is 71.5 Å². The van der Waals surface area contributed by atoms with Crippen LogP contribution in [0.5, 0.6) is 0 Å². The molecular weight excluding hydrogens is 454 g/mol. The summed E-state index contributed by atoms with van der Waals surface area (Å²) < 4.78 is 91.2. The maximum absolute atomic E-state index is 13.3. The second-order valence-electron chi connectivity index (χ2n) is 6.93. The number of rotatable bonds is 4. The van der Waals surface area contributed by atoms with Crippen molar-refractivity contribution in [1.29, 1.82) is 0 Å². The number of hydrogen-bond acceptors (Lipinski definition) is 4. The number of alkyl halides is 6. The van der Waals surface area contributed by atoms with E-state index in [0.717, 1.165) is 4.68 Å². The van der Waals surface area contributed by atoms with Crippen LogP contribution in [-0.2, 0) is 17.1 Å². The molecule has 172 valence electrons. The number of furan rings is 1. The minimum Gasteiger partial charge on any atom is -0.460 e. The molecule has 0 unspecified atom stereocenters. The van der Waals surface area contributed by atoms with E-state index < -0.39 is 35.1 Å². The Labute approximate surface area is 182 Å². The Bertz CT molecular complexity index is 1300. The van der Waals surface area contributed by atoms with Crippen LogP contribution in [0.1, 0.15) is 28.6 Å². The molecule has 0 amide bonds. The highest BCUT2D eigenvalue weighted by Gasteiger charge is 2.37. The molecule has 0 aliphatic rings. The van der Waals surface area contributed by atoms with Crippen LogP contribution in [0.4, 0.5) is 26.3 Å². The number of nitrogens with zero attached hydrogens (tertiary/aromatic N) is 2. The van der Waals surface area contributed by atoms with Crippen molar-refractivity contribution >= 4 is 16.9 Å². The summed E-state index contributed by atoms with van der Waals surface area (Å²) in [5.41, 5.74) is -2.98. The molecule has 4 aromatic rings. The van der Waals surface area contributed by atoms with Crippen LogP contribution < -0.4 is 0 Å². The number of esters is 1. The van der Waals surface area contributed by atoms with Crippen molar-refractivity contribution < 1.29 is 40.3 Å². The number of halogens is 6. The van der Waals surface area contributed by atoms with E-state index >= 15 is 0 Å². The van der Waals surface area contributed by atoms with E-state index in [-0.39, 0.29) is 35.4 Å². The van der Waals surface area contributed by atoms with Crippen LogP contribution in [0.15, 0.2) is 59.0 Å². The number of hydrogen-bond donors (Lipinski definition) is 0. The van der Waals surface area contributed by atoms with Gasteiger partial charge in [0.05, 0.1) is 28.9 Å². The quantitative estimate of drug-likeness (QED) is 0.254. The van der Waals surface area contributed by atoms with Crippen LogP contribution in [0.3, 0.4) is 0 Å². The van der Waals surface area contributed by atoms with Gasteiger partial charge in [-0.2, -0.15) is 31.4 Å². The molecule has 2 aromatic heterocycles. The lowest BCUT2D eigenvalue weighted by Gasteiger charge is -2.14. The van der Waals surface area contributed by atoms with E-state index in [1.807, 2.05) is 0 Å². The maximum Gasteiger partial charge on any atom is 0.416 e. The van der Waals surface area contributed by atoms with Gasteiger partial charge in [-0.25, -0.2) is 9.48 Å². The third-order valence-corrected chi connectivity index (χ3v) is 4.72. The summed E-state index contributed by atoms with van der Waals surface area (Å²) in [4.78, 5) is 11.9. The smallest absolute Gasteiger partial charge is 0.416 e. The SMILES string of the molecule is CCOC(=O)c1ccc(-c2nn(-c3cc(C(F)(F)F)cc(C(F)(F)F)c3)c3ccccc23)o1. The third-order valence-electron chi connectivity index (χ3n) is 4.72. The van der Waals surface area contributed by atoms with Gasteiger partial charge in [0.25, 0.3) is 0 Å². The summed E-state index contributed by atoms with van der Waals surface area (Å²) in [6.45, 7) is 1.73. The van der Waals surface area contributed by atoms with E-state index in [1.54, 1.807) is 25.1 Å². The molecule has 33 heavy (non-hydrogen) atoms. The standard InChI is InChI=1S/C22H14F6N2O3/c1-2-32-20(31)18-8-7-17(33-18)19-15-5-3-4-6-16(15)30(29-19)14-10-12(21(23,24)25)9-13(11-14)22(26,27)28/h3-11H,2H2,1H3. The number of para-hydroxylation sites is 1. The van der Waals surface area contributed by atoms with E-state index in [4.69, 9.17) is 9.15 Å². The predicted octanol–water partition coefficient (Wildman–Crippen LogP) is 6.50. The number of carbonyl (C=O) groups is 1. The monoisotopic (exact) mass is 468 g/mol. The van der Waals surface area contributed by atoms with E-state index in [2.05, 4.69) is 5.10 Å². The molecule has 0 aliphatic heterocycles. The highest BCUT2D eigenvalue weighted by molar-refractivity contribution is 5.94. The first-order valence-electron chi connectivity index (χ1n) is 9.54. The fraction of sp³-hybridized carbons (Fsp3) is 0.182. The zero-order valence-corrected chi connectivity index (χ0v) is 16.8. The van der Waals surface area contributed by atoms with Crippen molar-refractivity contribution in [2.75, 3.05) is 6.61 Å². The Balaban J connectivity index is 1.92. The predicted molar refractivity (Wildman–Crippen MR) is 105 cm³/mol. The van der Waals surface area contributed by atoms with Crippen LogP contribution in [-0.4, -0.2) is 22.4 Å². The molecule has 0 fully saturated rings. The molecule has 0 bridgehead atoms. The molecule has 2 aromatic carbocycles. The molecule has 0 radical (unpaired) electrons. The lowest BCUT2D eigenvalue weighted by molar-refractivity contribution is -0.143. The van der Waals surface area contributed by atoms with Gasteiger partial charge in [-0.15, -0.1) is 0 Å². The van der Waals surface area contributed by atoms with Crippen LogP contribution in [0.2, 0.25) is 0 Å². The van der Waals surface area contributed by atoms with Gasteiger partial charge >= 0.3 is 18.3 Å². The van der Waals surface area contributed by atoms with Crippen LogP contribution in [0.25, 0.3) is 28.0 Å². The Morgan fingerprint density at radius 2 is 1.61 bits per heavy atom. The summed E-state index contributed by atoms with van der Waals surface area (Å²) in [6.07, 6.45) is -10.0. The fourth-order valence-electron chi connectivity index (χ4n) is 3.28. The van der Waals surface area contributed by atoms with Gasteiger partial charge in [0.15, 0.2) is 5.76 Å². The first kappa shape index (κ1) is 22.4. The molecule has 0 atom stereocenters. The lowest BCUT2D eigenvalue weighted by atomic mass is 10.1. The summed E-state index contributed by atoms with van der Waals surface area (Å²) in [6, 6.07) is 10.2. The van der Waals surface area contributed by atoms with Crippen LogP contribution in [0, 0.1) is 0 Å². The highest BCUT2D eigenvalue weighted by Crippen LogP contribution is 2.38. The molecule has 4 rings (SSSR count). The minimum atomic E-state index is -5.00. The average Bonchev–Trinajstić information content (AvgIpc) is 3.37. The van der Waals surface area contributed by atoms with Gasteiger partial charge < -0.3 is 9.15 Å².